The fourth-order valence-electron chi connectivity index (χ4n) is 4.51. The molecule has 1 aliphatic heterocycles. The maximum absolute atomic E-state index is 13.0. The first-order valence-electron chi connectivity index (χ1n) is 7.59. The van der Waals surface area contributed by atoms with Crippen LogP contribution in [-0.2, 0) is 9.59 Å². The number of carbonyl (C=O) groups excluding carboxylic acids is 2. The van der Waals surface area contributed by atoms with Gasteiger partial charge in [0.25, 0.3) is 0 Å². The number of imide groups is 1. The van der Waals surface area contributed by atoms with Gasteiger partial charge in [-0.3, -0.25) is 9.59 Å². The smallest absolute Gasteiger partial charge is 0.241 e. The van der Waals surface area contributed by atoms with Crippen LogP contribution in [0.15, 0.2) is 30.4 Å². The molecule has 1 heterocycles. The lowest BCUT2D eigenvalue weighted by Gasteiger charge is -2.28. The monoisotopic (exact) mass is 281 g/mol. The van der Waals surface area contributed by atoms with E-state index in [4.69, 9.17) is 0 Å². The molecule has 1 aromatic rings. The van der Waals surface area contributed by atoms with E-state index < -0.39 is 5.41 Å². The summed E-state index contributed by atoms with van der Waals surface area (Å²) < 4.78 is 0. The number of aryl methyl sites for hydroxylation is 1. The molecule has 0 radical (unpaired) electrons. The number of amides is 2. The molecule has 3 aliphatic rings. The van der Waals surface area contributed by atoms with Crippen molar-refractivity contribution in [1.29, 1.82) is 0 Å². The van der Waals surface area contributed by atoms with Gasteiger partial charge in [-0.2, -0.15) is 0 Å². The number of carbonyl (C=O) groups is 2. The van der Waals surface area contributed by atoms with E-state index in [2.05, 4.69) is 12.2 Å². The molecule has 0 aromatic heterocycles. The van der Waals surface area contributed by atoms with Crippen LogP contribution >= 0.6 is 0 Å². The van der Waals surface area contributed by atoms with E-state index in [-0.39, 0.29) is 29.6 Å². The molecule has 2 amide bonds. The summed E-state index contributed by atoms with van der Waals surface area (Å²) in [4.78, 5) is 27.4. The summed E-state index contributed by atoms with van der Waals surface area (Å²) in [5.74, 6) is 0.279. The Bertz CT molecular complexity index is 705. The van der Waals surface area contributed by atoms with Crippen LogP contribution in [0.4, 0.5) is 5.69 Å². The van der Waals surface area contributed by atoms with Gasteiger partial charge >= 0.3 is 0 Å². The second kappa shape index (κ2) is 3.85. The first-order chi connectivity index (χ1) is 9.96. The molecule has 2 aliphatic carbocycles. The van der Waals surface area contributed by atoms with E-state index in [9.17, 15) is 9.59 Å². The van der Waals surface area contributed by atoms with Crippen LogP contribution in [0.2, 0.25) is 0 Å². The molecule has 0 spiro atoms. The van der Waals surface area contributed by atoms with Crippen molar-refractivity contribution in [3.05, 3.63) is 41.5 Å². The zero-order valence-electron chi connectivity index (χ0n) is 12.6. The highest BCUT2D eigenvalue weighted by molar-refractivity contribution is 6.24. The van der Waals surface area contributed by atoms with Crippen LogP contribution < -0.4 is 4.90 Å². The molecule has 4 rings (SSSR count). The minimum Gasteiger partial charge on any atom is -0.274 e. The molecular weight excluding hydrogens is 262 g/mol. The second-order valence-electron chi connectivity index (χ2n) is 6.85. The molecule has 1 saturated carbocycles. The van der Waals surface area contributed by atoms with Crippen molar-refractivity contribution in [2.45, 2.75) is 27.2 Å². The van der Waals surface area contributed by atoms with Crippen molar-refractivity contribution < 1.29 is 9.59 Å². The fraction of sp³-hybridized carbons (Fsp3) is 0.444. The molecule has 1 aromatic carbocycles. The van der Waals surface area contributed by atoms with Gasteiger partial charge in [-0.15, -0.1) is 0 Å². The molecule has 108 valence electrons. The third kappa shape index (κ3) is 1.34. The number of nitrogens with zero attached hydrogens (tertiary/aromatic N) is 1. The van der Waals surface area contributed by atoms with Crippen molar-refractivity contribution in [2.75, 3.05) is 4.90 Å². The highest BCUT2D eigenvalue weighted by Crippen LogP contribution is 2.61. The SMILES string of the molecule is Cc1cccc(N2C(=O)[C@@H]3[C@@H]4C=C[C@H](C4)[C@]3(C)C2=O)c1C. The van der Waals surface area contributed by atoms with Crippen LogP contribution in [-0.4, -0.2) is 11.8 Å². The third-order valence-corrected chi connectivity index (χ3v) is 5.93. The first-order valence-corrected chi connectivity index (χ1v) is 7.59. The largest absolute Gasteiger partial charge is 0.274 e. The molecule has 0 N–H and O–H groups in total. The van der Waals surface area contributed by atoms with E-state index in [0.29, 0.717) is 0 Å². The summed E-state index contributed by atoms with van der Waals surface area (Å²) in [5, 5.41) is 0. The normalized spacial score (nSPS) is 36.7. The molecular formula is C18H19NO2. The Hall–Kier alpha value is -1.90. The second-order valence-corrected chi connectivity index (χ2v) is 6.85. The first kappa shape index (κ1) is 12.8. The molecule has 4 atom stereocenters. The van der Waals surface area contributed by atoms with Crippen molar-refractivity contribution in [3.63, 3.8) is 0 Å². The molecule has 3 heteroatoms. The minimum absolute atomic E-state index is 0.00644. The summed E-state index contributed by atoms with van der Waals surface area (Å²) in [6.45, 7) is 5.98. The Kier molecular flexibility index (Phi) is 2.35. The molecule has 1 saturated heterocycles. The van der Waals surface area contributed by atoms with Gasteiger partial charge < -0.3 is 0 Å². The molecule has 2 bridgehead atoms. The number of benzene rings is 1. The van der Waals surface area contributed by atoms with Gasteiger partial charge in [0.2, 0.25) is 11.8 Å². The lowest BCUT2D eigenvalue weighted by molar-refractivity contribution is -0.127. The number of fused-ring (bicyclic) bond motifs is 5. The summed E-state index contributed by atoms with van der Waals surface area (Å²) in [6.07, 6.45) is 5.23. The van der Waals surface area contributed by atoms with Crippen LogP contribution in [0.25, 0.3) is 0 Å². The Balaban J connectivity index is 1.85. The summed E-state index contributed by atoms with van der Waals surface area (Å²) in [6, 6.07) is 5.82. The van der Waals surface area contributed by atoms with Gasteiger partial charge in [-0.05, 0) is 56.2 Å². The lowest BCUT2D eigenvalue weighted by Crippen LogP contribution is -2.37. The molecule has 2 fully saturated rings. The Labute approximate surface area is 124 Å². The predicted octanol–water partition coefficient (Wildman–Crippen LogP) is 3.01. The third-order valence-electron chi connectivity index (χ3n) is 5.93. The Morgan fingerprint density at radius 1 is 1.19 bits per heavy atom. The van der Waals surface area contributed by atoms with E-state index in [0.717, 1.165) is 23.2 Å². The molecule has 3 nitrogen and oxygen atoms in total. The fourth-order valence-corrected chi connectivity index (χ4v) is 4.51. The van der Waals surface area contributed by atoms with Crippen LogP contribution in [0.3, 0.4) is 0 Å². The highest BCUT2D eigenvalue weighted by atomic mass is 16.2. The van der Waals surface area contributed by atoms with E-state index in [1.54, 1.807) is 0 Å². The van der Waals surface area contributed by atoms with Gasteiger partial charge in [0, 0.05) is 0 Å². The number of allylic oxidation sites excluding steroid dienone is 2. The standard InChI is InChI=1S/C18H19NO2/c1-10-5-4-6-14(11(10)2)19-16(20)15-12-7-8-13(9-12)18(15,3)17(19)21/h4-8,12-13,15H,9H2,1-3H3/t12-,13-,15+,18+/m1/s1. The Morgan fingerprint density at radius 2 is 1.95 bits per heavy atom. The van der Waals surface area contributed by atoms with Gasteiger partial charge in [0.15, 0.2) is 0 Å². The number of anilines is 1. The van der Waals surface area contributed by atoms with Gasteiger partial charge in [0.05, 0.1) is 17.0 Å². The maximum Gasteiger partial charge on any atom is 0.241 e. The van der Waals surface area contributed by atoms with Crippen molar-refractivity contribution in [2.24, 2.45) is 23.2 Å². The van der Waals surface area contributed by atoms with Gasteiger partial charge in [-0.25, -0.2) is 4.90 Å². The van der Waals surface area contributed by atoms with Crippen LogP contribution in [0, 0.1) is 37.0 Å². The number of hydrogen-bond donors (Lipinski definition) is 0. The van der Waals surface area contributed by atoms with Gasteiger partial charge in [-0.1, -0.05) is 24.3 Å². The Morgan fingerprint density at radius 3 is 2.67 bits per heavy atom. The summed E-state index contributed by atoms with van der Waals surface area (Å²) >= 11 is 0. The average molecular weight is 281 g/mol. The minimum atomic E-state index is -0.535. The molecule has 0 unspecified atom stereocenters. The summed E-state index contributed by atoms with van der Waals surface area (Å²) in [7, 11) is 0. The van der Waals surface area contributed by atoms with E-state index >= 15 is 0 Å². The van der Waals surface area contributed by atoms with Crippen molar-refractivity contribution >= 4 is 17.5 Å². The number of rotatable bonds is 1. The predicted molar refractivity (Wildman–Crippen MR) is 80.7 cm³/mol. The quantitative estimate of drug-likeness (QED) is 0.586. The van der Waals surface area contributed by atoms with Gasteiger partial charge in [0.1, 0.15) is 0 Å². The topological polar surface area (TPSA) is 37.4 Å². The number of hydrogen-bond acceptors (Lipinski definition) is 2. The zero-order chi connectivity index (χ0) is 14.9. The van der Waals surface area contributed by atoms with Crippen LogP contribution in [0.1, 0.15) is 24.5 Å². The maximum atomic E-state index is 13.0. The average Bonchev–Trinajstić information content (AvgIpc) is 3.07. The van der Waals surface area contributed by atoms with E-state index in [1.165, 1.54) is 4.90 Å². The lowest BCUT2D eigenvalue weighted by atomic mass is 9.71. The van der Waals surface area contributed by atoms with Crippen LogP contribution in [0.5, 0.6) is 0 Å². The molecule has 21 heavy (non-hydrogen) atoms. The highest BCUT2D eigenvalue weighted by Gasteiger charge is 2.67. The zero-order valence-corrected chi connectivity index (χ0v) is 12.6. The van der Waals surface area contributed by atoms with E-state index in [1.807, 2.05) is 39.0 Å². The summed E-state index contributed by atoms with van der Waals surface area (Å²) in [5.41, 5.74) is 2.35. The van der Waals surface area contributed by atoms with Crippen molar-refractivity contribution in [1.82, 2.24) is 0 Å². The van der Waals surface area contributed by atoms with Crippen molar-refractivity contribution in [3.8, 4) is 0 Å².